The Morgan fingerprint density at radius 2 is 1.77 bits per heavy atom. The zero-order valence-corrected chi connectivity index (χ0v) is 20.6. The number of amides is 1. The largest absolute Gasteiger partial charge is 0.493 e. The van der Waals surface area contributed by atoms with Gasteiger partial charge in [-0.1, -0.05) is 26.8 Å². The van der Waals surface area contributed by atoms with E-state index in [-0.39, 0.29) is 18.0 Å². The monoisotopic (exact) mass is 436 g/mol. The summed E-state index contributed by atoms with van der Waals surface area (Å²) in [5.41, 5.74) is 7.80. The maximum absolute atomic E-state index is 11.3. The molecule has 0 bridgehead atoms. The van der Waals surface area contributed by atoms with Crippen molar-refractivity contribution in [3.05, 3.63) is 23.8 Å². The standard InChI is InChI=1S/C25H44N2O4/c1-18(2)22(15-23(26)20(5)16-27(17-28)19(3)4)13-21-9-10-24(30-7)25(14-21)31-12-8-11-29-6/h9-10,14,17-20,22-23H,8,11-13,15-16,26H2,1-7H3/t20?,22-,23-/m0/s1. The van der Waals surface area contributed by atoms with E-state index < -0.39 is 0 Å². The Morgan fingerprint density at radius 3 is 2.32 bits per heavy atom. The van der Waals surface area contributed by atoms with Crippen molar-refractivity contribution in [2.75, 3.05) is 34.0 Å². The lowest BCUT2D eigenvalue weighted by Gasteiger charge is -2.31. The number of nitrogens with two attached hydrogens (primary N) is 1. The van der Waals surface area contributed by atoms with E-state index in [9.17, 15) is 4.79 Å². The number of methoxy groups -OCH3 is 2. The minimum absolute atomic E-state index is 0.0385. The zero-order chi connectivity index (χ0) is 23.4. The molecule has 0 saturated carbocycles. The molecule has 2 N–H and O–H groups in total. The number of nitrogens with zero attached hydrogens (tertiary/aromatic N) is 1. The summed E-state index contributed by atoms with van der Waals surface area (Å²) in [4.78, 5) is 13.2. The summed E-state index contributed by atoms with van der Waals surface area (Å²) < 4.78 is 16.5. The van der Waals surface area contributed by atoms with Crippen LogP contribution < -0.4 is 15.2 Å². The maximum atomic E-state index is 11.3. The van der Waals surface area contributed by atoms with E-state index >= 15 is 0 Å². The molecule has 31 heavy (non-hydrogen) atoms. The van der Waals surface area contributed by atoms with Gasteiger partial charge in [-0.2, -0.15) is 0 Å². The second-order valence-electron chi connectivity index (χ2n) is 9.16. The number of hydrogen-bond acceptors (Lipinski definition) is 5. The summed E-state index contributed by atoms with van der Waals surface area (Å²) in [5.74, 6) is 2.70. The van der Waals surface area contributed by atoms with Gasteiger partial charge in [-0.05, 0) is 62.1 Å². The molecular formula is C25H44N2O4. The molecule has 0 saturated heterocycles. The van der Waals surface area contributed by atoms with Gasteiger partial charge < -0.3 is 24.8 Å². The third-order valence-corrected chi connectivity index (χ3v) is 6.02. The average Bonchev–Trinajstić information content (AvgIpc) is 2.74. The predicted molar refractivity (Wildman–Crippen MR) is 127 cm³/mol. The molecule has 6 nitrogen and oxygen atoms in total. The van der Waals surface area contributed by atoms with E-state index in [4.69, 9.17) is 19.9 Å². The summed E-state index contributed by atoms with van der Waals surface area (Å²) in [6, 6.07) is 6.40. The van der Waals surface area contributed by atoms with Crippen molar-refractivity contribution in [2.24, 2.45) is 23.5 Å². The van der Waals surface area contributed by atoms with Crippen molar-refractivity contribution in [1.29, 1.82) is 0 Å². The molecule has 0 heterocycles. The smallest absolute Gasteiger partial charge is 0.209 e. The lowest BCUT2D eigenvalue weighted by Crippen LogP contribution is -2.41. The molecule has 0 fully saturated rings. The number of carbonyl (C=O) groups excluding carboxylic acids is 1. The summed E-state index contributed by atoms with van der Waals surface area (Å²) in [6.45, 7) is 12.7. The Morgan fingerprint density at radius 1 is 1.06 bits per heavy atom. The summed E-state index contributed by atoms with van der Waals surface area (Å²) in [6.07, 6.45) is 3.61. The molecule has 1 rings (SSSR count). The van der Waals surface area contributed by atoms with Crippen molar-refractivity contribution in [3.63, 3.8) is 0 Å². The van der Waals surface area contributed by atoms with Gasteiger partial charge in [-0.3, -0.25) is 4.79 Å². The van der Waals surface area contributed by atoms with Gasteiger partial charge in [-0.15, -0.1) is 0 Å². The third-order valence-electron chi connectivity index (χ3n) is 6.02. The van der Waals surface area contributed by atoms with Crippen LogP contribution in [0.5, 0.6) is 11.5 Å². The number of hydrogen-bond donors (Lipinski definition) is 1. The van der Waals surface area contributed by atoms with Gasteiger partial charge in [0, 0.05) is 38.8 Å². The normalized spacial score (nSPS) is 14.4. The van der Waals surface area contributed by atoms with E-state index in [1.165, 1.54) is 5.56 Å². The molecule has 0 radical (unpaired) electrons. The van der Waals surface area contributed by atoms with Gasteiger partial charge in [0.15, 0.2) is 11.5 Å². The van der Waals surface area contributed by atoms with Gasteiger partial charge >= 0.3 is 0 Å². The molecule has 6 heteroatoms. The Labute approximate surface area is 189 Å². The minimum atomic E-state index is 0.0385. The Kier molecular flexibility index (Phi) is 12.6. The van der Waals surface area contributed by atoms with Crippen molar-refractivity contribution < 1.29 is 19.0 Å². The lowest BCUT2D eigenvalue weighted by atomic mass is 9.81. The molecule has 1 aromatic rings. The average molecular weight is 437 g/mol. The Bertz CT molecular complexity index is 636. The molecular weight excluding hydrogens is 392 g/mol. The van der Waals surface area contributed by atoms with Crippen LogP contribution in [0, 0.1) is 17.8 Å². The third kappa shape index (κ3) is 9.48. The first-order valence-electron chi connectivity index (χ1n) is 11.5. The Balaban J connectivity index is 2.82. The summed E-state index contributed by atoms with van der Waals surface area (Å²) in [7, 11) is 3.35. The van der Waals surface area contributed by atoms with Crippen LogP contribution in [0.3, 0.4) is 0 Å². The molecule has 1 amide bonds. The van der Waals surface area contributed by atoms with Crippen molar-refractivity contribution >= 4 is 6.41 Å². The van der Waals surface area contributed by atoms with Gasteiger partial charge in [0.1, 0.15) is 0 Å². The number of benzene rings is 1. The highest BCUT2D eigenvalue weighted by molar-refractivity contribution is 5.47. The second kappa shape index (κ2) is 14.3. The van der Waals surface area contributed by atoms with Crippen LogP contribution >= 0.6 is 0 Å². The topological polar surface area (TPSA) is 74.0 Å². The molecule has 0 aliphatic heterocycles. The van der Waals surface area contributed by atoms with Crippen LogP contribution in [-0.2, 0) is 16.0 Å². The molecule has 3 atom stereocenters. The Hall–Kier alpha value is -1.79. The van der Waals surface area contributed by atoms with Gasteiger partial charge in [0.05, 0.1) is 13.7 Å². The van der Waals surface area contributed by atoms with Crippen LogP contribution in [0.15, 0.2) is 18.2 Å². The quantitative estimate of drug-likeness (QED) is 0.311. The molecule has 0 spiro atoms. The van der Waals surface area contributed by atoms with E-state index in [0.29, 0.717) is 31.6 Å². The summed E-state index contributed by atoms with van der Waals surface area (Å²) >= 11 is 0. The molecule has 1 aromatic carbocycles. The van der Waals surface area contributed by atoms with E-state index in [1.807, 2.05) is 24.8 Å². The fourth-order valence-corrected chi connectivity index (χ4v) is 3.67. The van der Waals surface area contributed by atoms with Gasteiger partial charge in [0.2, 0.25) is 6.41 Å². The van der Waals surface area contributed by atoms with E-state index in [2.05, 4.69) is 32.9 Å². The fourth-order valence-electron chi connectivity index (χ4n) is 3.67. The fraction of sp³-hybridized carbons (Fsp3) is 0.720. The summed E-state index contributed by atoms with van der Waals surface area (Å²) in [5, 5.41) is 0. The number of rotatable bonds is 16. The minimum Gasteiger partial charge on any atom is -0.493 e. The molecule has 0 aliphatic rings. The first kappa shape index (κ1) is 27.2. The highest BCUT2D eigenvalue weighted by Crippen LogP contribution is 2.31. The SMILES string of the molecule is COCCCOc1cc(C[C@@H](C[C@H](N)C(C)CN(C=O)C(C)C)C(C)C)ccc1OC. The molecule has 0 aliphatic carbocycles. The zero-order valence-electron chi connectivity index (χ0n) is 20.6. The molecule has 178 valence electrons. The number of ether oxygens (including phenoxy) is 3. The van der Waals surface area contributed by atoms with Crippen LogP contribution in [0.25, 0.3) is 0 Å². The highest BCUT2D eigenvalue weighted by Gasteiger charge is 2.24. The highest BCUT2D eigenvalue weighted by atomic mass is 16.5. The predicted octanol–water partition coefficient (Wildman–Crippen LogP) is 4.15. The van der Waals surface area contributed by atoms with Crippen molar-refractivity contribution in [2.45, 2.75) is 66.0 Å². The van der Waals surface area contributed by atoms with Gasteiger partial charge in [-0.25, -0.2) is 0 Å². The number of carbonyl (C=O) groups is 1. The maximum Gasteiger partial charge on any atom is 0.209 e. The first-order chi connectivity index (χ1) is 14.7. The van der Waals surface area contributed by atoms with E-state index in [0.717, 1.165) is 37.2 Å². The van der Waals surface area contributed by atoms with E-state index in [1.54, 1.807) is 14.2 Å². The lowest BCUT2D eigenvalue weighted by molar-refractivity contribution is -0.120. The van der Waals surface area contributed by atoms with Crippen LogP contribution in [-0.4, -0.2) is 57.4 Å². The van der Waals surface area contributed by atoms with Crippen molar-refractivity contribution in [3.8, 4) is 11.5 Å². The second-order valence-corrected chi connectivity index (χ2v) is 9.16. The van der Waals surface area contributed by atoms with Crippen LogP contribution in [0.4, 0.5) is 0 Å². The van der Waals surface area contributed by atoms with Gasteiger partial charge in [0.25, 0.3) is 0 Å². The van der Waals surface area contributed by atoms with Crippen LogP contribution in [0.2, 0.25) is 0 Å². The first-order valence-corrected chi connectivity index (χ1v) is 11.5. The van der Waals surface area contributed by atoms with Crippen molar-refractivity contribution in [1.82, 2.24) is 4.90 Å². The van der Waals surface area contributed by atoms with Crippen LogP contribution in [0.1, 0.15) is 53.0 Å². The molecule has 1 unspecified atom stereocenters. The molecule has 0 aromatic heterocycles.